The first-order valence-electron chi connectivity index (χ1n) is 8.83. The number of amides is 2. The molecule has 2 aromatic rings. The van der Waals surface area contributed by atoms with Gasteiger partial charge in [-0.25, -0.2) is 0 Å². The molecule has 7 nitrogen and oxygen atoms in total. The first-order chi connectivity index (χ1) is 13.3. The Kier molecular flexibility index (Phi) is 7.14. The fourth-order valence-electron chi connectivity index (χ4n) is 2.46. The molecule has 0 aliphatic heterocycles. The predicted octanol–water partition coefficient (Wildman–Crippen LogP) is 2.50. The van der Waals surface area contributed by atoms with E-state index in [9.17, 15) is 14.4 Å². The van der Waals surface area contributed by atoms with Gasteiger partial charge in [-0.3, -0.25) is 25.2 Å². The molecule has 0 heterocycles. The topological polar surface area (TPSA) is 93.7 Å². The number of ketones is 1. The Morgan fingerprint density at radius 3 is 2.14 bits per heavy atom. The second-order valence-electron chi connectivity index (χ2n) is 6.39. The van der Waals surface area contributed by atoms with Crippen molar-refractivity contribution in [3.63, 3.8) is 0 Å². The van der Waals surface area contributed by atoms with Crippen LogP contribution >= 0.6 is 0 Å². The van der Waals surface area contributed by atoms with E-state index >= 15 is 0 Å². The molecule has 0 saturated heterocycles. The van der Waals surface area contributed by atoms with Crippen molar-refractivity contribution in [1.82, 2.24) is 10.9 Å². The summed E-state index contributed by atoms with van der Waals surface area (Å²) < 4.78 is 11.0. The van der Waals surface area contributed by atoms with Gasteiger partial charge < -0.3 is 9.47 Å². The lowest BCUT2D eigenvalue weighted by Crippen LogP contribution is -2.48. The van der Waals surface area contributed by atoms with Crippen molar-refractivity contribution >= 4 is 17.6 Å². The van der Waals surface area contributed by atoms with Crippen molar-refractivity contribution in [2.45, 2.75) is 33.8 Å². The average molecular weight is 384 g/mol. The SMILES string of the molecule is CC(=O)c1ccc(OC(C)C(=O)NNC(=O)COc2c(C)cccc2C)cc1. The van der Waals surface area contributed by atoms with Crippen molar-refractivity contribution < 1.29 is 23.9 Å². The molecular weight excluding hydrogens is 360 g/mol. The van der Waals surface area contributed by atoms with Crippen LogP contribution in [-0.2, 0) is 9.59 Å². The van der Waals surface area contributed by atoms with Crippen LogP contribution in [0.1, 0.15) is 35.3 Å². The van der Waals surface area contributed by atoms with Crippen LogP contribution in [0.4, 0.5) is 0 Å². The van der Waals surface area contributed by atoms with E-state index in [0.29, 0.717) is 17.1 Å². The van der Waals surface area contributed by atoms with Gasteiger partial charge >= 0.3 is 0 Å². The van der Waals surface area contributed by atoms with Gasteiger partial charge in [0.1, 0.15) is 11.5 Å². The van der Waals surface area contributed by atoms with Gasteiger partial charge in [-0.2, -0.15) is 0 Å². The molecule has 0 bridgehead atoms. The van der Waals surface area contributed by atoms with Crippen LogP contribution in [0.15, 0.2) is 42.5 Å². The second kappa shape index (κ2) is 9.55. The van der Waals surface area contributed by atoms with Crippen LogP contribution in [0.2, 0.25) is 0 Å². The van der Waals surface area contributed by atoms with E-state index in [1.54, 1.807) is 31.2 Å². The average Bonchev–Trinajstić information content (AvgIpc) is 2.66. The Hall–Kier alpha value is -3.35. The molecule has 2 aromatic carbocycles. The Morgan fingerprint density at radius 1 is 0.964 bits per heavy atom. The number of ether oxygens (including phenoxy) is 2. The fourth-order valence-corrected chi connectivity index (χ4v) is 2.46. The maximum absolute atomic E-state index is 12.1. The number of rotatable bonds is 7. The molecular formula is C21H24N2O5. The number of hydrogen-bond donors (Lipinski definition) is 2. The molecule has 0 spiro atoms. The molecule has 2 rings (SSSR count). The molecule has 2 amide bonds. The highest BCUT2D eigenvalue weighted by molar-refractivity contribution is 5.94. The van der Waals surface area contributed by atoms with Crippen molar-refractivity contribution in [2.24, 2.45) is 0 Å². The molecule has 148 valence electrons. The Morgan fingerprint density at radius 2 is 1.57 bits per heavy atom. The van der Waals surface area contributed by atoms with Crippen molar-refractivity contribution in [3.8, 4) is 11.5 Å². The van der Waals surface area contributed by atoms with E-state index in [0.717, 1.165) is 11.1 Å². The number of nitrogens with one attached hydrogen (secondary N) is 2. The maximum Gasteiger partial charge on any atom is 0.279 e. The minimum atomic E-state index is -0.844. The summed E-state index contributed by atoms with van der Waals surface area (Å²) in [6.07, 6.45) is -0.844. The summed E-state index contributed by atoms with van der Waals surface area (Å²) in [7, 11) is 0. The number of aryl methyl sites for hydroxylation is 2. The summed E-state index contributed by atoms with van der Waals surface area (Å²) in [5.41, 5.74) is 7.00. The minimum absolute atomic E-state index is 0.0526. The highest BCUT2D eigenvalue weighted by atomic mass is 16.5. The van der Waals surface area contributed by atoms with E-state index in [4.69, 9.17) is 9.47 Å². The van der Waals surface area contributed by atoms with Gasteiger partial charge in [0.05, 0.1) is 0 Å². The third-order valence-corrected chi connectivity index (χ3v) is 4.02. The van der Waals surface area contributed by atoms with Crippen molar-refractivity contribution in [1.29, 1.82) is 0 Å². The number of hydrogen-bond acceptors (Lipinski definition) is 5. The summed E-state index contributed by atoms with van der Waals surface area (Å²) in [6.45, 7) is 6.58. The first-order valence-corrected chi connectivity index (χ1v) is 8.83. The van der Waals surface area contributed by atoms with E-state index in [-0.39, 0.29) is 12.4 Å². The summed E-state index contributed by atoms with van der Waals surface area (Å²) in [4.78, 5) is 35.2. The Balaban J connectivity index is 1.79. The lowest BCUT2D eigenvalue weighted by molar-refractivity contribution is -0.133. The molecule has 1 unspecified atom stereocenters. The first kappa shape index (κ1) is 21.0. The Labute approximate surface area is 164 Å². The zero-order valence-corrected chi connectivity index (χ0v) is 16.4. The zero-order chi connectivity index (χ0) is 20.7. The standard InChI is InChI=1S/C21H24N2O5/c1-13-6-5-7-14(2)20(13)27-12-19(25)22-23-21(26)16(4)28-18-10-8-17(9-11-18)15(3)24/h5-11,16H,12H2,1-4H3,(H,22,25)(H,23,26). The van der Waals surface area contributed by atoms with E-state index in [1.165, 1.54) is 6.92 Å². The second-order valence-corrected chi connectivity index (χ2v) is 6.39. The molecule has 0 fully saturated rings. The monoisotopic (exact) mass is 384 g/mol. The Bertz CT molecular complexity index is 841. The molecule has 0 aliphatic rings. The van der Waals surface area contributed by atoms with E-state index < -0.39 is 17.9 Å². The summed E-state index contributed by atoms with van der Waals surface area (Å²) in [6, 6.07) is 12.2. The van der Waals surface area contributed by atoms with Gasteiger partial charge in [0.25, 0.3) is 11.8 Å². The zero-order valence-electron chi connectivity index (χ0n) is 16.4. The molecule has 7 heteroatoms. The summed E-state index contributed by atoms with van der Waals surface area (Å²) >= 11 is 0. The molecule has 0 aromatic heterocycles. The number of carbonyl (C=O) groups is 3. The van der Waals surface area contributed by atoms with Crippen molar-refractivity contribution in [2.75, 3.05) is 6.61 Å². The lowest BCUT2D eigenvalue weighted by atomic mass is 10.1. The quantitative estimate of drug-likeness (QED) is 0.565. The van der Waals surface area contributed by atoms with Crippen LogP contribution in [0.25, 0.3) is 0 Å². The van der Waals surface area contributed by atoms with E-state index in [2.05, 4.69) is 10.9 Å². The highest BCUT2D eigenvalue weighted by Crippen LogP contribution is 2.22. The number of hydrazine groups is 1. The van der Waals surface area contributed by atoms with Crippen molar-refractivity contribution in [3.05, 3.63) is 59.2 Å². The van der Waals surface area contributed by atoms with Gasteiger partial charge in [-0.15, -0.1) is 0 Å². The van der Waals surface area contributed by atoms with Crippen LogP contribution in [0, 0.1) is 13.8 Å². The molecule has 0 saturated carbocycles. The van der Waals surface area contributed by atoms with E-state index in [1.807, 2.05) is 32.0 Å². The molecule has 0 radical (unpaired) electrons. The third-order valence-electron chi connectivity index (χ3n) is 4.02. The smallest absolute Gasteiger partial charge is 0.279 e. The van der Waals surface area contributed by atoms with Gasteiger partial charge in [-0.1, -0.05) is 18.2 Å². The fraction of sp³-hybridized carbons (Fsp3) is 0.286. The van der Waals surface area contributed by atoms with Gasteiger partial charge in [0.15, 0.2) is 18.5 Å². The van der Waals surface area contributed by atoms with Crippen LogP contribution in [0.5, 0.6) is 11.5 Å². The van der Waals surface area contributed by atoms with Crippen LogP contribution in [0.3, 0.4) is 0 Å². The lowest BCUT2D eigenvalue weighted by Gasteiger charge is -2.16. The molecule has 2 N–H and O–H groups in total. The number of Topliss-reactive ketones (excluding diaryl/α,β-unsaturated/α-hetero) is 1. The third kappa shape index (κ3) is 5.84. The van der Waals surface area contributed by atoms with Gasteiger partial charge in [-0.05, 0) is 63.1 Å². The molecule has 0 aliphatic carbocycles. The highest BCUT2D eigenvalue weighted by Gasteiger charge is 2.16. The van der Waals surface area contributed by atoms with Gasteiger partial charge in [0, 0.05) is 5.56 Å². The van der Waals surface area contributed by atoms with Crippen LogP contribution in [-0.4, -0.2) is 30.3 Å². The number of para-hydroxylation sites is 1. The maximum atomic E-state index is 12.1. The number of carbonyl (C=O) groups excluding carboxylic acids is 3. The largest absolute Gasteiger partial charge is 0.483 e. The summed E-state index contributed by atoms with van der Waals surface area (Å²) in [5, 5.41) is 0. The number of benzene rings is 2. The predicted molar refractivity (Wildman–Crippen MR) is 104 cm³/mol. The van der Waals surface area contributed by atoms with Gasteiger partial charge in [0.2, 0.25) is 0 Å². The summed E-state index contributed by atoms with van der Waals surface area (Å²) in [5.74, 6) is 0.0280. The van der Waals surface area contributed by atoms with Crippen LogP contribution < -0.4 is 20.3 Å². The molecule has 28 heavy (non-hydrogen) atoms. The minimum Gasteiger partial charge on any atom is -0.483 e. The normalized spacial score (nSPS) is 11.3. The molecule has 1 atom stereocenters.